The van der Waals surface area contributed by atoms with Gasteiger partial charge >= 0.3 is 0 Å². The molecule has 0 aromatic heterocycles. The molecule has 2 rings (SSSR count). The molecule has 1 spiro atoms. The monoisotopic (exact) mass is 190 g/mol. The second-order valence-electron chi connectivity index (χ2n) is 4.48. The Labute approximate surface area is 77.3 Å². The van der Waals surface area contributed by atoms with Gasteiger partial charge in [0.2, 0.25) is 0 Å². The third-order valence-corrected chi connectivity index (χ3v) is 3.24. The summed E-state index contributed by atoms with van der Waals surface area (Å²) in [6, 6.07) is 0. The van der Waals surface area contributed by atoms with Gasteiger partial charge in [-0.15, -0.1) is 0 Å². The van der Waals surface area contributed by atoms with Crippen molar-refractivity contribution < 1.29 is 8.78 Å². The van der Waals surface area contributed by atoms with Gasteiger partial charge in [0.05, 0.1) is 6.54 Å². The van der Waals surface area contributed by atoms with E-state index in [-0.39, 0.29) is 18.5 Å². The van der Waals surface area contributed by atoms with E-state index in [9.17, 15) is 8.78 Å². The van der Waals surface area contributed by atoms with Crippen LogP contribution in [0.25, 0.3) is 0 Å². The highest BCUT2D eigenvalue weighted by molar-refractivity contribution is 5.01. The van der Waals surface area contributed by atoms with Gasteiger partial charge in [-0.3, -0.25) is 0 Å². The normalized spacial score (nSPS) is 39.9. The van der Waals surface area contributed by atoms with Crippen molar-refractivity contribution in [3.8, 4) is 0 Å². The summed E-state index contributed by atoms with van der Waals surface area (Å²) >= 11 is 0. The molecule has 0 saturated carbocycles. The second-order valence-corrected chi connectivity index (χ2v) is 4.48. The topological polar surface area (TPSA) is 15.3 Å². The van der Waals surface area contributed by atoms with E-state index in [1.54, 1.807) is 0 Å². The molecule has 0 aliphatic carbocycles. The number of hydrogen-bond acceptors (Lipinski definition) is 2. The minimum Gasteiger partial charge on any atom is -0.304 e. The summed E-state index contributed by atoms with van der Waals surface area (Å²) < 4.78 is 25.7. The molecule has 2 heterocycles. The van der Waals surface area contributed by atoms with Crippen molar-refractivity contribution in [3.63, 3.8) is 0 Å². The van der Waals surface area contributed by atoms with E-state index >= 15 is 0 Å². The number of piperidine rings is 1. The van der Waals surface area contributed by atoms with Gasteiger partial charge in [0.15, 0.2) is 0 Å². The zero-order valence-electron chi connectivity index (χ0n) is 7.95. The fourth-order valence-corrected chi connectivity index (χ4v) is 2.34. The molecule has 0 bridgehead atoms. The van der Waals surface area contributed by atoms with Gasteiger partial charge in [0.25, 0.3) is 5.92 Å². The lowest BCUT2D eigenvalue weighted by Gasteiger charge is -2.38. The van der Waals surface area contributed by atoms with Crippen LogP contribution in [0.4, 0.5) is 8.78 Å². The van der Waals surface area contributed by atoms with Crippen LogP contribution < -0.4 is 5.32 Å². The molecule has 2 fully saturated rings. The summed E-state index contributed by atoms with van der Waals surface area (Å²) in [7, 11) is 2.04. The van der Waals surface area contributed by atoms with Crippen molar-refractivity contribution in [2.75, 3.05) is 26.7 Å². The van der Waals surface area contributed by atoms with Gasteiger partial charge in [-0.2, -0.15) is 0 Å². The average molecular weight is 190 g/mol. The zero-order chi connectivity index (χ0) is 9.53. The van der Waals surface area contributed by atoms with E-state index in [2.05, 4.69) is 10.2 Å². The van der Waals surface area contributed by atoms with Crippen LogP contribution in [0.15, 0.2) is 0 Å². The Kier molecular flexibility index (Phi) is 2.07. The van der Waals surface area contributed by atoms with Gasteiger partial charge in [-0.1, -0.05) is 0 Å². The van der Waals surface area contributed by atoms with Crippen LogP contribution in [0.5, 0.6) is 0 Å². The number of halogens is 2. The maximum absolute atomic E-state index is 12.9. The minimum absolute atomic E-state index is 0.00354. The quantitative estimate of drug-likeness (QED) is 0.615. The Balaban J connectivity index is 1.97. The van der Waals surface area contributed by atoms with Gasteiger partial charge in [0.1, 0.15) is 0 Å². The molecule has 2 nitrogen and oxygen atoms in total. The van der Waals surface area contributed by atoms with Crippen LogP contribution in [-0.4, -0.2) is 43.0 Å². The molecule has 2 saturated heterocycles. The average Bonchev–Trinajstić information content (AvgIpc) is 2.41. The molecule has 1 atom stereocenters. The Morgan fingerprint density at radius 1 is 1.23 bits per heavy atom. The second kappa shape index (κ2) is 2.89. The van der Waals surface area contributed by atoms with Crippen LogP contribution in [0.2, 0.25) is 0 Å². The summed E-state index contributed by atoms with van der Waals surface area (Å²) in [6.07, 6.45) is 1.68. The minimum atomic E-state index is -2.48. The van der Waals surface area contributed by atoms with E-state index in [1.807, 2.05) is 7.05 Å². The summed E-state index contributed by atoms with van der Waals surface area (Å²) in [5.74, 6) is -2.48. The molecular formula is C9H16F2N2. The zero-order valence-corrected chi connectivity index (χ0v) is 7.95. The number of hydrogen-bond donors (Lipinski definition) is 1. The van der Waals surface area contributed by atoms with E-state index < -0.39 is 5.92 Å². The molecule has 0 aromatic carbocycles. The fraction of sp³-hybridized carbons (Fsp3) is 1.00. The summed E-state index contributed by atoms with van der Waals surface area (Å²) in [5.41, 5.74) is -0.00354. The first-order valence-electron chi connectivity index (χ1n) is 4.83. The van der Waals surface area contributed by atoms with Gasteiger partial charge in [0, 0.05) is 18.5 Å². The van der Waals surface area contributed by atoms with E-state index in [4.69, 9.17) is 0 Å². The molecule has 2 aliphatic rings. The Bertz CT molecular complexity index is 196. The van der Waals surface area contributed by atoms with Crippen molar-refractivity contribution in [3.05, 3.63) is 0 Å². The predicted molar refractivity (Wildman–Crippen MR) is 47.0 cm³/mol. The van der Waals surface area contributed by atoms with Gasteiger partial charge < -0.3 is 10.2 Å². The predicted octanol–water partition coefficient (Wildman–Crippen LogP) is 1.08. The van der Waals surface area contributed by atoms with Crippen LogP contribution in [0.3, 0.4) is 0 Å². The number of likely N-dealkylation sites (tertiary alicyclic amines) is 1. The maximum Gasteiger partial charge on any atom is 0.260 e. The highest BCUT2D eigenvalue weighted by Gasteiger charge is 2.45. The van der Waals surface area contributed by atoms with Crippen molar-refractivity contribution >= 4 is 0 Å². The van der Waals surface area contributed by atoms with E-state index in [0.29, 0.717) is 6.42 Å². The number of nitrogens with one attached hydrogen (secondary N) is 1. The van der Waals surface area contributed by atoms with E-state index in [0.717, 1.165) is 19.5 Å². The SMILES string of the molecule is CN1CCC2(CCC(F)(F)CN2)C1. The fourth-order valence-electron chi connectivity index (χ4n) is 2.34. The first-order valence-corrected chi connectivity index (χ1v) is 4.83. The Morgan fingerprint density at radius 2 is 2.00 bits per heavy atom. The Morgan fingerprint density at radius 3 is 2.46 bits per heavy atom. The van der Waals surface area contributed by atoms with E-state index in [1.165, 1.54) is 0 Å². The van der Waals surface area contributed by atoms with Crippen LogP contribution in [-0.2, 0) is 0 Å². The largest absolute Gasteiger partial charge is 0.304 e. The molecule has 2 aliphatic heterocycles. The molecule has 0 amide bonds. The maximum atomic E-state index is 12.9. The van der Waals surface area contributed by atoms with Crippen molar-refractivity contribution in [2.45, 2.75) is 30.7 Å². The van der Waals surface area contributed by atoms with Crippen LogP contribution in [0.1, 0.15) is 19.3 Å². The molecule has 0 radical (unpaired) electrons. The van der Waals surface area contributed by atoms with Gasteiger partial charge in [-0.05, 0) is 26.4 Å². The highest BCUT2D eigenvalue weighted by atomic mass is 19.3. The molecular weight excluding hydrogens is 174 g/mol. The number of likely N-dealkylation sites (N-methyl/N-ethyl adjacent to an activating group) is 1. The molecule has 0 aromatic rings. The molecule has 76 valence electrons. The number of rotatable bonds is 0. The standard InChI is InChI=1S/C9H16F2N2/c1-13-5-4-8(7-13)2-3-9(10,11)6-12-8/h12H,2-7H2,1H3. The van der Waals surface area contributed by atoms with Gasteiger partial charge in [-0.25, -0.2) is 8.78 Å². The smallest absolute Gasteiger partial charge is 0.260 e. The highest BCUT2D eigenvalue weighted by Crippen LogP contribution is 2.34. The summed E-state index contributed by atoms with van der Waals surface area (Å²) in [5, 5.41) is 3.02. The molecule has 1 N–H and O–H groups in total. The Hall–Kier alpha value is -0.220. The lowest BCUT2D eigenvalue weighted by Crippen LogP contribution is -2.56. The van der Waals surface area contributed by atoms with Crippen molar-refractivity contribution in [1.29, 1.82) is 0 Å². The lowest BCUT2D eigenvalue weighted by molar-refractivity contribution is -0.0442. The number of nitrogens with zero attached hydrogens (tertiary/aromatic N) is 1. The molecule has 13 heavy (non-hydrogen) atoms. The van der Waals surface area contributed by atoms with Crippen LogP contribution in [0, 0.1) is 0 Å². The number of alkyl halides is 2. The molecule has 1 unspecified atom stereocenters. The first-order chi connectivity index (χ1) is 6.02. The van der Waals surface area contributed by atoms with Crippen molar-refractivity contribution in [2.24, 2.45) is 0 Å². The summed E-state index contributed by atoms with van der Waals surface area (Å²) in [4.78, 5) is 2.20. The lowest BCUT2D eigenvalue weighted by atomic mass is 9.87. The molecule has 4 heteroatoms. The van der Waals surface area contributed by atoms with Crippen LogP contribution >= 0.6 is 0 Å². The van der Waals surface area contributed by atoms with Crippen molar-refractivity contribution in [1.82, 2.24) is 10.2 Å². The third kappa shape index (κ3) is 1.83. The third-order valence-electron chi connectivity index (χ3n) is 3.24. The first kappa shape index (κ1) is 9.34. The summed E-state index contributed by atoms with van der Waals surface area (Å²) in [6.45, 7) is 1.81.